The standard InChI is InChI=1S/C9H16Si/c1-8-5-6-9(7-8)10(2,3)4/h7H,1,5-6H2,2-4H3. The summed E-state index contributed by atoms with van der Waals surface area (Å²) in [6.45, 7) is 11.2. The van der Waals surface area contributed by atoms with Crippen molar-refractivity contribution in [1.29, 1.82) is 0 Å². The highest BCUT2D eigenvalue weighted by Crippen LogP contribution is 2.28. The third-order valence-electron chi connectivity index (χ3n) is 2.06. The molecule has 0 aromatic carbocycles. The van der Waals surface area contributed by atoms with Gasteiger partial charge in [0.15, 0.2) is 0 Å². The zero-order valence-corrected chi connectivity index (χ0v) is 8.20. The predicted octanol–water partition coefficient (Wildman–Crippen LogP) is 3.14. The van der Waals surface area contributed by atoms with Crippen molar-refractivity contribution in [2.24, 2.45) is 0 Å². The molecule has 0 aromatic rings. The van der Waals surface area contributed by atoms with E-state index in [0.29, 0.717) is 0 Å². The smallest absolute Gasteiger partial charge is 0.0724 e. The maximum Gasteiger partial charge on any atom is 0.0724 e. The Morgan fingerprint density at radius 2 is 1.90 bits per heavy atom. The van der Waals surface area contributed by atoms with Gasteiger partial charge in [-0.05, 0) is 12.8 Å². The van der Waals surface area contributed by atoms with Crippen LogP contribution in [0, 0.1) is 0 Å². The van der Waals surface area contributed by atoms with Crippen LogP contribution in [0.5, 0.6) is 0 Å². The van der Waals surface area contributed by atoms with Crippen LogP contribution in [0.1, 0.15) is 12.8 Å². The van der Waals surface area contributed by atoms with Gasteiger partial charge in [-0.3, -0.25) is 0 Å². The largest absolute Gasteiger partial charge is 0.0958 e. The second kappa shape index (κ2) is 2.39. The quantitative estimate of drug-likeness (QED) is 0.506. The number of hydrogen-bond acceptors (Lipinski definition) is 0. The Kier molecular flexibility index (Phi) is 1.86. The molecule has 0 radical (unpaired) electrons. The normalized spacial score (nSPS) is 19.5. The fourth-order valence-corrected chi connectivity index (χ4v) is 2.79. The van der Waals surface area contributed by atoms with Crippen LogP contribution in [0.25, 0.3) is 0 Å². The zero-order chi connectivity index (χ0) is 7.78. The molecule has 56 valence electrons. The summed E-state index contributed by atoms with van der Waals surface area (Å²) in [6, 6.07) is 0. The fraction of sp³-hybridized carbons (Fsp3) is 0.556. The lowest BCUT2D eigenvalue weighted by atomic mass is 10.3. The predicted molar refractivity (Wildman–Crippen MR) is 49.8 cm³/mol. The average molecular weight is 152 g/mol. The molecule has 1 heteroatoms. The molecule has 0 nitrogen and oxygen atoms in total. The molecule has 0 spiro atoms. The minimum Gasteiger partial charge on any atom is -0.0958 e. The van der Waals surface area contributed by atoms with E-state index in [9.17, 15) is 0 Å². The van der Waals surface area contributed by atoms with E-state index in [2.05, 4.69) is 32.3 Å². The monoisotopic (exact) mass is 152 g/mol. The van der Waals surface area contributed by atoms with Crippen LogP contribution in [0.15, 0.2) is 23.4 Å². The van der Waals surface area contributed by atoms with Crippen molar-refractivity contribution in [2.75, 3.05) is 0 Å². The molecule has 0 amide bonds. The van der Waals surface area contributed by atoms with Crippen LogP contribution in [-0.2, 0) is 0 Å². The lowest BCUT2D eigenvalue weighted by molar-refractivity contribution is 1.04. The van der Waals surface area contributed by atoms with Gasteiger partial charge in [0, 0.05) is 0 Å². The lowest BCUT2D eigenvalue weighted by Crippen LogP contribution is -2.22. The highest BCUT2D eigenvalue weighted by molar-refractivity contribution is 6.83. The molecule has 0 N–H and O–H groups in total. The molecule has 1 aliphatic carbocycles. The van der Waals surface area contributed by atoms with Crippen LogP contribution in [0.3, 0.4) is 0 Å². The third kappa shape index (κ3) is 1.60. The van der Waals surface area contributed by atoms with Gasteiger partial charge in [-0.25, -0.2) is 0 Å². The molecule has 1 rings (SSSR count). The van der Waals surface area contributed by atoms with Crippen LogP contribution in [-0.4, -0.2) is 8.07 Å². The first-order valence-electron chi connectivity index (χ1n) is 3.89. The van der Waals surface area contributed by atoms with Crippen LogP contribution < -0.4 is 0 Å². The molecule has 10 heavy (non-hydrogen) atoms. The summed E-state index contributed by atoms with van der Waals surface area (Å²) in [7, 11) is -0.966. The summed E-state index contributed by atoms with van der Waals surface area (Å²) >= 11 is 0. The molecule has 0 heterocycles. The molecule has 0 atom stereocenters. The van der Waals surface area contributed by atoms with Gasteiger partial charge in [0.1, 0.15) is 0 Å². The van der Waals surface area contributed by atoms with E-state index in [-0.39, 0.29) is 0 Å². The highest BCUT2D eigenvalue weighted by Gasteiger charge is 2.22. The number of allylic oxidation sites excluding steroid dienone is 3. The first kappa shape index (κ1) is 7.80. The van der Waals surface area contributed by atoms with Crippen molar-refractivity contribution in [1.82, 2.24) is 0 Å². The minimum atomic E-state index is -0.966. The molecule has 0 unspecified atom stereocenters. The van der Waals surface area contributed by atoms with Crippen LogP contribution in [0.2, 0.25) is 19.6 Å². The van der Waals surface area contributed by atoms with E-state index in [1.165, 1.54) is 18.4 Å². The van der Waals surface area contributed by atoms with Gasteiger partial charge < -0.3 is 0 Å². The van der Waals surface area contributed by atoms with Crippen molar-refractivity contribution in [3.8, 4) is 0 Å². The molecule has 1 aliphatic rings. The van der Waals surface area contributed by atoms with Gasteiger partial charge in [0.05, 0.1) is 8.07 Å². The SMILES string of the molecule is C=C1C=C([Si](C)(C)C)CC1. The Balaban J connectivity index is 2.76. The molecule has 0 aromatic heterocycles. The summed E-state index contributed by atoms with van der Waals surface area (Å²) in [5, 5.41) is 1.69. The first-order chi connectivity index (χ1) is 4.50. The average Bonchev–Trinajstić information content (AvgIpc) is 2.11. The Labute approximate surface area is 64.7 Å². The van der Waals surface area contributed by atoms with Gasteiger partial charge in [-0.1, -0.05) is 43.1 Å². The molecular weight excluding hydrogens is 136 g/mol. The Hall–Kier alpha value is -0.303. The lowest BCUT2D eigenvalue weighted by Gasteiger charge is -2.16. The molecule has 0 fully saturated rings. The topological polar surface area (TPSA) is 0 Å². The Morgan fingerprint density at radius 3 is 2.10 bits per heavy atom. The van der Waals surface area contributed by atoms with E-state index in [1.807, 2.05) is 0 Å². The zero-order valence-electron chi connectivity index (χ0n) is 7.20. The van der Waals surface area contributed by atoms with E-state index >= 15 is 0 Å². The van der Waals surface area contributed by atoms with Crippen LogP contribution in [0.4, 0.5) is 0 Å². The Bertz CT molecular complexity index is 181. The van der Waals surface area contributed by atoms with Crippen LogP contribution >= 0.6 is 0 Å². The van der Waals surface area contributed by atoms with Crippen molar-refractivity contribution >= 4 is 8.07 Å². The van der Waals surface area contributed by atoms with Gasteiger partial charge >= 0.3 is 0 Å². The van der Waals surface area contributed by atoms with Crippen molar-refractivity contribution in [2.45, 2.75) is 32.5 Å². The molecule has 0 bridgehead atoms. The van der Waals surface area contributed by atoms with Gasteiger partial charge in [0.25, 0.3) is 0 Å². The van der Waals surface area contributed by atoms with E-state index < -0.39 is 8.07 Å². The van der Waals surface area contributed by atoms with Gasteiger partial charge in [-0.15, -0.1) is 0 Å². The second-order valence-corrected chi connectivity index (χ2v) is 9.22. The maximum atomic E-state index is 3.96. The molecule has 0 saturated heterocycles. The summed E-state index contributed by atoms with van der Waals surface area (Å²) in [6.07, 6.45) is 4.81. The van der Waals surface area contributed by atoms with E-state index in [1.54, 1.807) is 5.20 Å². The van der Waals surface area contributed by atoms with Crippen molar-refractivity contribution in [3.05, 3.63) is 23.4 Å². The van der Waals surface area contributed by atoms with E-state index in [4.69, 9.17) is 0 Å². The summed E-state index contributed by atoms with van der Waals surface area (Å²) in [5.74, 6) is 0. The Morgan fingerprint density at radius 1 is 1.30 bits per heavy atom. The van der Waals surface area contributed by atoms with Gasteiger partial charge in [0.2, 0.25) is 0 Å². The molecule has 0 saturated carbocycles. The summed E-state index contributed by atoms with van der Waals surface area (Å²) < 4.78 is 0. The maximum absolute atomic E-state index is 3.96. The van der Waals surface area contributed by atoms with Gasteiger partial charge in [-0.2, -0.15) is 0 Å². The van der Waals surface area contributed by atoms with Crippen molar-refractivity contribution < 1.29 is 0 Å². The summed E-state index contributed by atoms with van der Waals surface area (Å²) in [5.41, 5.74) is 1.33. The fourth-order valence-electron chi connectivity index (χ4n) is 1.28. The molecule has 0 aliphatic heterocycles. The molecular formula is C9H16Si. The number of hydrogen-bond donors (Lipinski definition) is 0. The number of rotatable bonds is 1. The van der Waals surface area contributed by atoms with Crippen molar-refractivity contribution in [3.63, 3.8) is 0 Å². The third-order valence-corrected chi connectivity index (χ3v) is 4.38. The minimum absolute atomic E-state index is 0.966. The highest BCUT2D eigenvalue weighted by atomic mass is 28.3. The first-order valence-corrected chi connectivity index (χ1v) is 7.39. The summed E-state index contributed by atoms with van der Waals surface area (Å²) in [4.78, 5) is 0. The second-order valence-electron chi connectivity index (χ2n) is 4.08. The van der Waals surface area contributed by atoms with E-state index in [0.717, 1.165) is 0 Å².